The third-order valence-electron chi connectivity index (χ3n) is 2.00. The molecule has 3 nitrogen and oxygen atoms in total. The molecule has 5 heteroatoms. The molecule has 1 rings (SSSR count). The first-order valence-electron chi connectivity index (χ1n) is 5.72. The van der Waals surface area contributed by atoms with Gasteiger partial charge in [0.1, 0.15) is 16.2 Å². The Balaban J connectivity index is 2.43. The fourth-order valence-corrected chi connectivity index (χ4v) is 2.31. The Morgan fingerprint density at radius 1 is 1.53 bits per heavy atom. The van der Waals surface area contributed by atoms with E-state index in [1.54, 1.807) is 0 Å². The van der Waals surface area contributed by atoms with Crippen molar-refractivity contribution in [1.82, 2.24) is 9.97 Å². The van der Waals surface area contributed by atoms with Gasteiger partial charge in [-0.2, -0.15) is 11.8 Å². The van der Waals surface area contributed by atoms with Gasteiger partial charge < -0.3 is 5.32 Å². The number of aryl methyl sites for hydroxylation is 1. The monoisotopic (exact) mass is 315 g/mol. The van der Waals surface area contributed by atoms with E-state index in [2.05, 4.69) is 44.7 Å². The van der Waals surface area contributed by atoms with Gasteiger partial charge in [0.25, 0.3) is 0 Å². The van der Waals surface area contributed by atoms with E-state index in [-0.39, 0.29) is 0 Å². The Kier molecular flexibility index (Phi) is 7.28. The van der Waals surface area contributed by atoms with Crippen LogP contribution in [0, 0.1) is 0 Å². The van der Waals surface area contributed by atoms with Crippen LogP contribution in [0.15, 0.2) is 23.3 Å². The van der Waals surface area contributed by atoms with Crippen LogP contribution in [0.25, 0.3) is 0 Å². The van der Waals surface area contributed by atoms with Gasteiger partial charge in [-0.1, -0.05) is 13.0 Å². The van der Waals surface area contributed by atoms with Crippen LogP contribution in [-0.2, 0) is 6.42 Å². The Bertz CT molecular complexity index is 358. The molecule has 0 unspecified atom stereocenters. The number of nitrogens with one attached hydrogen (secondary N) is 1. The number of thioether (sulfide) groups is 1. The van der Waals surface area contributed by atoms with E-state index in [0.29, 0.717) is 0 Å². The quantitative estimate of drug-likeness (QED) is 0.452. The molecule has 17 heavy (non-hydrogen) atoms. The van der Waals surface area contributed by atoms with Gasteiger partial charge in [-0.05, 0) is 22.4 Å². The van der Waals surface area contributed by atoms with Gasteiger partial charge in [0.2, 0.25) is 0 Å². The second kappa shape index (κ2) is 8.53. The van der Waals surface area contributed by atoms with Gasteiger partial charge in [0.05, 0.1) is 0 Å². The average molecular weight is 316 g/mol. The molecule has 0 aromatic carbocycles. The molecule has 0 aliphatic carbocycles. The summed E-state index contributed by atoms with van der Waals surface area (Å²) in [6, 6.07) is 1.91. The highest BCUT2D eigenvalue weighted by atomic mass is 79.9. The molecule has 94 valence electrons. The van der Waals surface area contributed by atoms with Crippen molar-refractivity contribution in [1.29, 1.82) is 0 Å². The van der Waals surface area contributed by atoms with Crippen LogP contribution in [0.5, 0.6) is 0 Å². The topological polar surface area (TPSA) is 37.8 Å². The SMILES string of the molecule is C=CCSCCNc1cc(Br)nc(CCC)n1. The van der Waals surface area contributed by atoms with E-state index in [0.717, 1.165) is 47.1 Å². The van der Waals surface area contributed by atoms with Gasteiger partial charge >= 0.3 is 0 Å². The molecule has 1 N–H and O–H groups in total. The summed E-state index contributed by atoms with van der Waals surface area (Å²) in [6.45, 7) is 6.73. The first kappa shape index (κ1) is 14.5. The lowest BCUT2D eigenvalue weighted by atomic mass is 10.3. The maximum absolute atomic E-state index is 4.46. The van der Waals surface area contributed by atoms with Crippen molar-refractivity contribution in [3.63, 3.8) is 0 Å². The van der Waals surface area contributed by atoms with Crippen LogP contribution in [0.4, 0.5) is 5.82 Å². The smallest absolute Gasteiger partial charge is 0.132 e. The zero-order valence-electron chi connectivity index (χ0n) is 10.1. The van der Waals surface area contributed by atoms with Gasteiger partial charge in [-0.25, -0.2) is 9.97 Å². The number of halogens is 1. The molecule has 0 atom stereocenters. The molecular weight excluding hydrogens is 298 g/mol. The molecule has 0 spiro atoms. The highest BCUT2D eigenvalue weighted by molar-refractivity contribution is 9.10. The Hall–Kier alpha value is -0.550. The molecule has 1 aromatic rings. The van der Waals surface area contributed by atoms with E-state index in [1.807, 2.05) is 23.9 Å². The summed E-state index contributed by atoms with van der Waals surface area (Å²) in [7, 11) is 0. The molecular formula is C12H18BrN3S. The zero-order valence-corrected chi connectivity index (χ0v) is 12.5. The summed E-state index contributed by atoms with van der Waals surface area (Å²) >= 11 is 5.26. The summed E-state index contributed by atoms with van der Waals surface area (Å²) in [5.74, 6) is 3.84. The fourth-order valence-electron chi connectivity index (χ4n) is 1.31. The van der Waals surface area contributed by atoms with Crippen LogP contribution in [0.2, 0.25) is 0 Å². The van der Waals surface area contributed by atoms with Gasteiger partial charge in [0.15, 0.2) is 0 Å². The molecule has 0 aliphatic rings. The number of anilines is 1. The molecule has 0 amide bonds. The highest BCUT2D eigenvalue weighted by Crippen LogP contribution is 2.13. The number of hydrogen-bond acceptors (Lipinski definition) is 4. The normalized spacial score (nSPS) is 10.2. The number of rotatable bonds is 8. The van der Waals surface area contributed by atoms with Crippen molar-refractivity contribution in [2.75, 3.05) is 23.4 Å². The predicted molar refractivity (Wildman–Crippen MR) is 79.7 cm³/mol. The second-order valence-electron chi connectivity index (χ2n) is 3.53. The fraction of sp³-hybridized carbons (Fsp3) is 0.500. The Morgan fingerprint density at radius 2 is 2.35 bits per heavy atom. The summed E-state index contributed by atoms with van der Waals surface area (Å²) in [6.07, 6.45) is 3.90. The molecule has 0 aliphatic heterocycles. The maximum atomic E-state index is 4.46. The number of hydrogen-bond donors (Lipinski definition) is 1. The van der Waals surface area contributed by atoms with Crippen molar-refractivity contribution in [3.8, 4) is 0 Å². The van der Waals surface area contributed by atoms with Crippen LogP contribution < -0.4 is 5.32 Å². The third kappa shape index (κ3) is 6.07. The first-order valence-corrected chi connectivity index (χ1v) is 7.67. The molecule has 0 radical (unpaired) electrons. The lowest BCUT2D eigenvalue weighted by Crippen LogP contribution is -2.08. The van der Waals surface area contributed by atoms with Crippen molar-refractivity contribution in [3.05, 3.63) is 29.1 Å². The highest BCUT2D eigenvalue weighted by Gasteiger charge is 2.01. The molecule has 0 bridgehead atoms. The predicted octanol–water partition coefficient (Wildman–Crippen LogP) is 3.52. The van der Waals surface area contributed by atoms with E-state index in [9.17, 15) is 0 Å². The number of aromatic nitrogens is 2. The lowest BCUT2D eigenvalue weighted by Gasteiger charge is -2.07. The van der Waals surface area contributed by atoms with E-state index < -0.39 is 0 Å². The minimum absolute atomic E-state index is 0.845. The van der Waals surface area contributed by atoms with Crippen LogP contribution in [0.3, 0.4) is 0 Å². The largest absolute Gasteiger partial charge is 0.369 e. The van der Waals surface area contributed by atoms with Crippen molar-refractivity contribution in [2.45, 2.75) is 19.8 Å². The molecule has 1 aromatic heterocycles. The van der Waals surface area contributed by atoms with E-state index in [1.165, 1.54) is 0 Å². The van der Waals surface area contributed by atoms with Crippen molar-refractivity contribution >= 4 is 33.5 Å². The standard InChI is InChI=1S/C12H18BrN3S/c1-3-5-11-15-10(13)9-12(16-11)14-6-8-17-7-4-2/h4,9H,2-3,5-8H2,1H3,(H,14,15,16). The molecule has 0 saturated heterocycles. The molecule has 0 fully saturated rings. The van der Waals surface area contributed by atoms with E-state index >= 15 is 0 Å². The van der Waals surface area contributed by atoms with Crippen LogP contribution in [-0.4, -0.2) is 28.0 Å². The van der Waals surface area contributed by atoms with Gasteiger partial charge in [-0.3, -0.25) is 0 Å². The minimum Gasteiger partial charge on any atom is -0.369 e. The third-order valence-corrected chi connectivity index (χ3v) is 3.37. The lowest BCUT2D eigenvalue weighted by molar-refractivity contribution is 0.829. The van der Waals surface area contributed by atoms with E-state index in [4.69, 9.17) is 0 Å². The Labute approximate surface area is 116 Å². The van der Waals surface area contributed by atoms with Crippen molar-refractivity contribution in [2.24, 2.45) is 0 Å². The van der Waals surface area contributed by atoms with Crippen LogP contribution in [0.1, 0.15) is 19.2 Å². The summed E-state index contributed by atoms with van der Waals surface area (Å²) in [5.41, 5.74) is 0. The van der Waals surface area contributed by atoms with Crippen LogP contribution >= 0.6 is 27.7 Å². The average Bonchev–Trinajstić information content (AvgIpc) is 2.28. The first-order chi connectivity index (χ1) is 8.26. The number of nitrogens with zero attached hydrogens (tertiary/aromatic N) is 2. The van der Waals surface area contributed by atoms with Gasteiger partial charge in [-0.15, -0.1) is 6.58 Å². The second-order valence-corrected chi connectivity index (χ2v) is 5.49. The zero-order chi connectivity index (χ0) is 12.5. The summed E-state index contributed by atoms with van der Waals surface area (Å²) < 4.78 is 0.845. The van der Waals surface area contributed by atoms with Crippen molar-refractivity contribution < 1.29 is 0 Å². The molecule has 1 heterocycles. The molecule has 0 saturated carbocycles. The maximum Gasteiger partial charge on any atom is 0.132 e. The minimum atomic E-state index is 0.845. The Morgan fingerprint density at radius 3 is 3.06 bits per heavy atom. The summed E-state index contributed by atoms with van der Waals surface area (Å²) in [5, 5.41) is 3.31. The summed E-state index contributed by atoms with van der Waals surface area (Å²) in [4.78, 5) is 8.79. The van der Waals surface area contributed by atoms with Gasteiger partial charge in [0, 0.05) is 30.5 Å².